The number of rotatable bonds is 2. The molecule has 0 aliphatic carbocycles. The predicted octanol–water partition coefficient (Wildman–Crippen LogP) is 3.90. The molecule has 3 rings (SSSR count). The molecule has 0 radical (unpaired) electrons. The summed E-state index contributed by atoms with van der Waals surface area (Å²) < 4.78 is 0. The molecular formula is C15H9ClN4. The smallest absolute Gasteiger partial charge is 0.141 e. The summed E-state index contributed by atoms with van der Waals surface area (Å²) >= 11 is 5.86. The molecular weight excluding hydrogens is 272 g/mol. The fraction of sp³-hybridized carbons (Fsp3) is 0. The number of nitriles is 1. The summed E-state index contributed by atoms with van der Waals surface area (Å²) in [5.41, 5.74) is 2.23. The molecule has 1 heterocycles. The first-order chi connectivity index (χ1) is 9.76. The van der Waals surface area contributed by atoms with Crippen molar-refractivity contribution >= 4 is 34.0 Å². The van der Waals surface area contributed by atoms with E-state index in [1.54, 1.807) is 24.3 Å². The van der Waals surface area contributed by atoms with Gasteiger partial charge in [0.15, 0.2) is 0 Å². The van der Waals surface area contributed by atoms with Gasteiger partial charge in [-0.2, -0.15) is 5.26 Å². The minimum absolute atomic E-state index is 0.575. The number of fused-ring (bicyclic) bond motifs is 1. The Labute approximate surface area is 120 Å². The monoisotopic (exact) mass is 280 g/mol. The highest BCUT2D eigenvalue weighted by molar-refractivity contribution is 6.30. The van der Waals surface area contributed by atoms with Crippen LogP contribution in [0.1, 0.15) is 5.56 Å². The van der Waals surface area contributed by atoms with E-state index < -0.39 is 0 Å². The maximum absolute atomic E-state index is 8.98. The quantitative estimate of drug-likeness (QED) is 0.773. The average Bonchev–Trinajstić information content (AvgIpc) is 2.49. The maximum atomic E-state index is 8.98. The molecule has 0 saturated carbocycles. The van der Waals surface area contributed by atoms with E-state index in [4.69, 9.17) is 16.9 Å². The zero-order valence-corrected chi connectivity index (χ0v) is 11.1. The fourth-order valence-corrected chi connectivity index (χ4v) is 2.02. The summed E-state index contributed by atoms with van der Waals surface area (Å²) in [6.07, 6.45) is 1.49. The Morgan fingerprint density at radius 3 is 2.60 bits per heavy atom. The number of halogens is 1. The molecule has 0 bridgehead atoms. The Bertz CT molecular complexity index is 806. The highest BCUT2D eigenvalue weighted by Gasteiger charge is 2.05. The van der Waals surface area contributed by atoms with Crippen LogP contribution in [0.25, 0.3) is 10.9 Å². The molecule has 0 saturated heterocycles. The van der Waals surface area contributed by atoms with E-state index in [0.29, 0.717) is 16.4 Å². The number of hydrogen-bond acceptors (Lipinski definition) is 4. The Kier molecular flexibility index (Phi) is 3.20. The van der Waals surface area contributed by atoms with Crippen LogP contribution in [0.3, 0.4) is 0 Å². The minimum atomic E-state index is 0.575. The second kappa shape index (κ2) is 5.16. The number of benzene rings is 2. The molecule has 1 aromatic heterocycles. The lowest BCUT2D eigenvalue weighted by Crippen LogP contribution is -1.96. The van der Waals surface area contributed by atoms with Crippen molar-refractivity contribution in [3.05, 3.63) is 59.4 Å². The van der Waals surface area contributed by atoms with E-state index in [1.807, 2.05) is 18.2 Å². The van der Waals surface area contributed by atoms with Crippen LogP contribution in [0.15, 0.2) is 48.8 Å². The summed E-state index contributed by atoms with van der Waals surface area (Å²) in [7, 11) is 0. The molecule has 0 spiro atoms. The molecule has 1 N–H and O–H groups in total. The molecule has 0 atom stereocenters. The van der Waals surface area contributed by atoms with Gasteiger partial charge in [-0.1, -0.05) is 11.6 Å². The molecule has 5 heteroatoms. The van der Waals surface area contributed by atoms with Crippen molar-refractivity contribution in [2.75, 3.05) is 5.32 Å². The van der Waals surface area contributed by atoms with Crippen molar-refractivity contribution < 1.29 is 0 Å². The highest BCUT2D eigenvalue weighted by Crippen LogP contribution is 2.24. The van der Waals surface area contributed by atoms with Gasteiger partial charge in [-0.25, -0.2) is 9.97 Å². The summed E-state index contributed by atoms with van der Waals surface area (Å²) in [5, 5.41) is 13.7. The predicted molar refractivity (Wildman–Crippen MR) is 79.0 cm³/mol. The van der Waals surface area contributed by atoms with Gasteiger partial charge in [-0.05, 0) is 42.5 Å². The van der Waals surface area contributed by atoms with Gasteiger partial charge in [0.1, 0.15) is 12.1 Å². The third-order valence-corrected chi connectivity index (χ3v) is 3.12. The topological polar surface area (TPSA) is 61.6 Å². The zero-order valence-electron chi connectivity index (χ0n) is 10.3. The second-order valence-corrected chi connectivity index (χ2v) is 4.63. The normalized spacial score (nSPS) is 10.2. The van der Waals surface area contributed by atoms with E-state index in [2.05, 4.69) is 21.4 Å². The largest absolute Gasteiger partial charge is 0.340 e. The Balaban J connectivity index is 2.06. The molecule has 0 aliphatic rings. The number of nitrogens with zero attached hydrogens (tertiary/aromatic N) is 3. The average molecular weight is 281 g/mol. The lowest BCUT2D eigenvalue weighted by molar-refractivity contribution is 1.22. The standard InChI is InChI=1S/C15H9ClN4/c16-11-2-4-12(5-3-11)20-15-13-7-10(8-17)1-6-14(13)18-9-19-15/h1-7,9H,(H,18,19,20). The Morgan fingerprint density at radius 1 is 1.05 bits per heavy atom. The van der Waals surface area contributed by atoms with Gasteiger partial charge in [-0.3, -0.25) is 0 Å². The van der Waals surface area contributed by atoms with Crippen molar-refractivity contribution in [1.82, 2.24) is 9.97 Å². The minimum Gasteiger partial charge on any atom is -0.340 e. The molecule has 0 fully saturated rings. The van der Waals surface area contributed by atoms with Crippen molar-refractivity contribution in [3.63, 3.8) is 0 Å². The van der Waals surface area contributed by atoms with Gasteiger partial charge >= 0.3 is 0 Å². The van der Waals surface area contributed by atoms with Gasteiger partial charge in [-0.15, -0.1) is 0 Å². The van der Waals surface area contributed by atoms with Gasteiger partial charge < -0.3 is 5.32 Å². The van der Waals surface area contributed by atoms with Crippen molar-refractivity contribution in [3.8, 4) is 6.07 Å². The van der Waals surface area contributed by atoms with Crippen LogP contribution in [-0.4, -0.2) is 9.97 Å². The molecule has 20 heavy (non-hydrogen) atoms. The van der Waals surface area contributed by atoms with Gasteiger partial charge in [0, 0.05) is 16.1 Å². The van der Waals surface area contributed by atoms with Gasteiger partial charge in [0.2, 0.25) is 0 Å². The fourth-order valence-electron chi connectivity index (χ4n) is 1.90. The molecule has 0 aliphatic heterocycles. The van der Waals surface area contributed by atoms with Crippen LogP contribution in [-0.2, 0) is 0 Å². The first-order valence-corrected chi connectivity index (χ1v) is 6.31. The second-order valence-electron chi connectivity index (χ2n) is 4.20. The Hall–Kier alpha value is -2.64. The Morgan fingerprint density at radius 2 is 1.85 bits per heavy atom. The SMILES string of the molecule is N#Cc1ccc2ncnc(Nc3ccc(Cl)cc3)c2c1. The summed E-state index contributed by atoms with van der Waals surface area (Å²) in [6.45, 7) is 0. The van der Waals surface area contributed by atoms with Crippen molar-refractivity contribution in [2.24, 2.45) is 0 Å². The lowest BCUT2D eigenvalue weighted by atomic mass is 10.1. The van der Waals surface area contributed by atoms with Crippen molar-refractivity contribution in [1.29, 1.82) is 5.26 Å². The van der Waals surface area contributed by atoms with E-state index in [0.717, 1.165) is 16.6 Å². The van der Waals surface area contributed by atoms with Crippen LogP contribution < -0.4 is 5.32 Å². The molecule has 2 aromatic carbocycles. The van der Waals surface area contributed by atoms with Gasteiger partial charge in [0.05, 0.1) is 17.1 Å². The number of anilines is 2. The maximum Gasteiger partial charge on any atom is 0.141 e. The zero-order chi connectivity index (χ0) is 13.9. The first-order valence-electron chi connectivity index (χ1n) is 5.94. The summed E-state index contributed by atoms with van der Waals surface area (Å²) in [6, 6.07) is 14.8. The van der Waals surface area contributed by atoms with E-state index in [1.165, 1.54) is 6.33 Å². The summed E-state index contributed by atoms with van der Waals surface area (Å²) in [5.74, 6) is 0.662. The molecule has 0 unspecified atom stereocenters. The van der Waals surface area contributed by atoms with Crippen molar-refractivity contribution in [2.45, 2.75) is 0 Å². The van der Waals surface area contributed by atoms with Crippen LogP contribution in [0.4, 0.5) is 11.5 Å². The molecule has 96 valence electrons. The molecule has 4 nitrogen and oxygen atoms in total. The van der Waals surface area contributed by atoms with Crippen LogP contribution in [0.2, 0.25) is 5.02 Å². The third-order valence-electron chi connectivity index (χ3n) is 2.87. The van der Waals surface area contributed by atoms with E-state index in [-0.39, 0.29) is 0 Å². The van der Waals surface area contributed by atoms with Crippen LogP contribution >= 0.6 is 11.6 Å². The lowest BCUT2D eigenvalue weighted by Gasteiger charge is -2.08. The first kappa shape index (κ1) is 12.4. The van der Waals surface area contributed by atoms with Crippen LogP contribution in [0.5, 0.6) is 0 Å². The third kappa shape index (κ3) is 2.40. The summed E-state index contributed by atoms with van der Waals surface area (Å²) in [4.78, 5) is 8.43. The highest BCUT2D eigenvalue weighted by atomic mass is 35.5. The number of hydrogen-bond donors (Lipinski definition) is 1. The number of aromatic nitrogens is 2. The van der Waals surface area contributed by atoms with Crippen LogP contribution in [0, 0.1) is 11.3 Å². The number of nitrogens with one attached hydrogen (secondary N) is 1. The van der Waals surface area contributed by atoms with Gasteiger partial charge in [0.25, 0.3) is 0 Å². The van der Waals surface area contributed by atoms with E-state index >= 15 is 0 Å². The van der Waals surface area contributed by atoms with E-state index in [9.17, 15) is 0 Å². The molecule has 3 aromatic rings. The molecule has 0 amide bonds.